The van der Waals surface area contributed by atoms with E-state index in [1.165, 1.54) is 12.8 Å². The largest absolute Gasteiger partial charge is 0.447 e. The Morgan fingerprint density at radius 1 is 1.23 bits per heavy atom. The molecule has 0 radical (unpaired) electrons. The van der Waals surface area contributed by atoms with E-state index in [4.69, 9.17) is 16.3 Å². The molecule has 1 heterocycles. The fourth-order valence-corrected chi connectivity index (χ4v) is 3.97. The van der Waals surface area contributed by atoms with Gasteiger partial charge >= 0.3 is 6.09 Å². The number of nitrogens with zero attached hydrogens (tertiary/aromatic N) is 1. The first-order valence-corrected chi connectivity index (χ1v) is 10.1. The first-order chi connectivity index (χ1) is 12.4. The molecule has 0 unspecified atom stereocenters. The Kier molecular flexibility index (Phi) is 6.28. The van der Waals surface area contributed by atoms with Gasteiger partial charge < -0.3 is 15.0 Å². The van der Waals surface area contributed by atoms with Gasteiger partial charge in [-0.2, -0.15) is 0 Å². The lowest BCUT2D eigenvalue weighted by Gasteiger charge is -2.33. The van der Waals surface area contributed by atoms with Crippen molar-refractivity contribution in [2.45, 2.75) is 64.5 Å². The number of amides is 2. The van der Waals surface area contributed by atoms with Crippen molar-refractivity contribution in [3.05, 3.63) is 22.8 Å². The Balaban J connectivity index is 1.46. The van der Waals surface area contributed by atoms with Gasteiger partial charge in [0.05, 0.1) is 6.10 Å². The molecule has 0 aromatic carbocycles. The van der Waals surface area contributed by atoms with Crippen LogP contribution in [0.4, 0.5) is 4.79 Å². The van der Waals surface area contributed by atoms with Gasteiger partial charge in [0.2, 0.25) is 5.91 Å². The average molecular weight is 381 g/mol. The Morgan fingerprint density at radius 2 is 1.92 bits per heavy atom. The smallest absolute Gasteiger partial charge is 0.410 e. The number of carbonyl (C=O) groups is 2. The molecular formula is C20H29ClN2O3. The van der Waals surface area contributed by atoms with Crippen molar-refractivity contribution >= 4 is 23.6 Å². The Hall–Kier alpha value is -1.49. The van der Waals surface area contributed by atoms with Gasteiger partial charge in [-0.25, -0.2) is 4.79 Å². The molecule has 3 aliphatic rings. The summed E-state index contributed by atoms with van der Waals surface area (Å²) in [7, 11) is 0. The van der Waals surface area contributed by atoms with Crippen molar-refractivity contribution in [2.24, 2.45) is 11.8 Å². The van der Waals surface area contributed by atoms with Crippen LogP contribution >= 0.6 is 11.6 Å². The lowest BCUT2D eigenvalue weighted by molar-refractivity contribution is -0.118. The maximum absolute atomic E-state index is 12.5. The van der Waals surface area contributed by atoms with Gasteiger partial charge in [0, 0.05) is 36.2 Å². The molecule has 6 heteroatoms. The molecule has 26 heavy (non-hydrogen) atoms. The van der Waals surface area contributed by atoms with Crippen LogP contribution in [0.3, 0.4) is 0 Å². The number of ether oxygens (including phenoxy) is 1. The van der Waals surface area contributed by atoms with Gasteiger partial charge in [0.15, 0.2) is 0 Å². The fraction of sp³-hybridized carbons (Fsp3) is 0.700. The van der Waals surface area contributed by atoms with E-state index in [0.717, 1.165) is 43.0 Å². The van der Waals surface area contributed by atoms with Crippen molar-refractivity contribution in [1.29, 1.82) is 0 Å². The van der Waals surface area contributed by atoms with Gasteiger partial charge in [-0.1, -0.05) is 17.7 Å². The van der Waals surface area contributed by atoms with E-state index in [-0.39, 0.29) is 24.1 Å². The normalized spacial score (nSPS) is 22.1. The second-order valence-corrected chi connectivity index (χ2v) is 8.48. The summed E-state index contributed by atoms with van der Waals surface area (Å²) in [6.07, 6.45) is 9.22. The Morgan fingerprint density at radius 3 is 2.46 bits per heavy atom. The lowest BCUT2D eigenvalue weighted by Crippen LogP contribution is -2.43. The summed E-state index contributed by atoms with van der Waals surface area (Å²) >= 11 is 5.98. The molecule has 0 aromatic heterocycles. The van der Waals surface area contributed by atoms with Crippen LogP contribution in [0.1, 0.15) is 52.4 Å². The molecule has 0 spiro atoms. The van der Waals surface area contributed by atoms with Crippen molar-refractivity contribution in [3.8, 4) is 0 Å². The fourth-order valence-electron chi connectivity index (χ4n) is 3.76. The van der Waals surface area contributed by atoms with Crippen molar-refractivity contribution < 1.29 is 14.3 Å². The summed E-state index contributed by atoms with van der Waals surface area (Å²) in [5.74, 6) is 1.17. The second-order valence-electron chi connectivity index (χ2n) is 8.00. The van der Waals surface area contributed by atoms with Crippen molar-refractivity contribution in [3.63, 3.8) is 0 Å². The van der Waals surface area contributed by atoms with Crippen LogP contribution in [0.25, 0.3) is 0 Å². The number of carbonyl (C=O) groups excluding carboxylic acids is 2. The van der Waals surface area contributed by atoms with E-state index in [9.17, 15) is 9.59 Å². The summed E-state index contributed by atoms with van der Waals surface area (Å²) in [6, 6.07) is 0.238. The number of likely N-dealkylation sites (tertiary alicyclic amines) is 1. The predicted octanol–water partition coefficient (Wildman–Crippen LogP) is 3.98. The predicted molar refractivity (Wildman–Crippen MR) is 102 cm³/mol. The topological polar surface area (TPSA) is 58.6 Å². The zero-order valence-corrected chi connectivity index (χ0v) is 16.4. The van der Waals surface area contributed by atoms with Crippen molar-refractivity contribution in [2.75, 3.05) is 13.1 Å². The highest BCUT2D eigenvalue weighted by molar-refractivity contribution is 6.30. The van der Waals surface area contributed by atoms with Gasteiger partial charge in [0.1, 0.15) is 0 Å². The zero-order chi connectivity index (χ0) is 18.7. The van der Waals surface area contributed by atoms with E-state index in [1.54, 1.807) is 11.0 Å². The first-order valence-electron chi connectivity index (χ1n) is 9.74. The summed E-state index contributed by atoms with van der Waals surface area (Å²) in [6.45, 7) is 5.23. The number of halogens is 1. The molecule has 3 rings (SSSR count). The van der Waals surface area contributed by atoms with Gasteiger partial charge in [-0.3, -0.25) is 4.79 Å². The molecule has 1 atom stereocenters. The van der Waals surface area contributed by atoms with Gasteiger partial charge in [-0.15, -0.1) is 0 Å². The van der Waals surface area contributed by atoms with Crippen molar-refractivity contribution in [1.82, 2.24) is 10.2 Å². The third-order valence-corrected chi connectivity index (χ3v) is 5.68. The van der Waals surface area contributed by atoms with E-state index in [0.29, 0.717) is 18.3 Å². The summed E-state index contributed by atoms with van der Waals surface area (Å²) in [4.78, 5) is 26.3. The minimum Gasteiger partial charge on any atom is -0.447 e. The highest BCUT2D eigenvalue weighted by Gasteiger charge is 2.35. The Labute approximate surface area is 160 Å². The van der Waals surface area contributed by atoms with Crippen LogP contribution in [0.5, 0.6) is 0 Å². The van der Waals surface area contributed by atoms with Crippen LogP contribution in [0, 0.1) is 11.8 Å². The Bertz CT molecular complexity index is 602. The SMILES string of the molecule is CC(C)OC(=O)N1CCC(C[C@@H](NC(=O)C2=CC=C(Cl)C2)C2CC2)CC1. The van der Waals surface area contributed by atoms with E-state index < -0.39 is 0 Å². The number of hydrogen-bond donors (Lipinski definition) is 1. The molecule has 1 saturated heterocycles. The van der Waals surface area contributed by atoms with E-state index in [2.05, 4.69) is 5.32 Å². The van der Waals surface area contributed by atoms with Crippen LogP contribution in [0.15, 0.2) is 22.8 Å². The van der Waals surface area contributed by atoms with Crippen LogP contribution in [0.2, 0.25) is 0 Å². The minimum absolute atomic E-state index is 0.0201. The first kappa shape index (κ1) is 19.3. The molecule has 5 nitrogen and oxygen atoms in total. The molecule has 1 N–H and O–H groups in total. The quantitative estimate of drug-likeness (QED) is 0.758. The summed E-state index contributed by atoms with van der Waals surface area (Å²) < 4.78 is 5.28. The molecule has 2 fully saturated rings. The van der Waals surface area contributed by atoms with Gasteiger partial charge in [0.25, 0.3) is 0 Å². The number of nitrogens with one attached hydrogen (secondary N) is 1. The maximum atomic E-state index is 12.5. The maximum Gasteiger partial charge on any atom is 0.410 e. The molecular weight excluding hydrogens is 352 g/mol. The van der Waals surface area contributed by atoms with E-state index in [1.807, 2.05) is 19.9 Å². The molecule has 0 bridgehead atoms. The van der Waals surface area contributed by atoms with E-state index >= 15 is 0 Å². The third-order valence-electron chi connectivity index (χ3n) is 5.42. The number of allylic oxidation sites excluding steroid dienone is 3. The summed E-state index contributed by atoms with van der Waals surface area (Å²) in [5, 5.41) is 3.97. The zero-order valence-electron chi connectivity index (χ0n) is 15.7. The highest BCUT2D eigenvalue weighted by Crippen LogP contribution is 2.37. The number of hydrogen-bond acceptors (Lipinski definition) is 3. The second kappa shape index (κ2) is 8.47. The third kappa shape index (κ3) is 5.26. The minimum atomic E-state index is -0.206. The molecule has 2 aliphatic carbocycles. The number of piperidine rings is 1. The molecule has 1 aliphatic heterocycles. The van der Waals surface area contributed by atoms with Gasteiger partial charge in [-0.05, 0) is 63.9 Å². The highest BCUT2D eigenvalue weighted by atomic mass is 35.5. The molecule has 2 amide bonds. The monoisotopic (exact) mass is 380 g/mol. The summed E-state index contributed by atoms with van der Waals surface area (Å²) in [5.41, 5.74) is 0.756. The molecule has 1 saturated carbocycles. The molecule has 0 aromatic rings. The lowest BCUT2D eigenvalue weighted by atomic mass is 9.88. The van der Waals surface area contributed by atoms with Crippen LogP contribution in [-0.4, -0.2) is 42.1 Å². The van der Waals surface area contributed by atoms with Crippen LogP contribution in [-0.2, 0) is 9.53 Å². The van der Waals surface area contributed by atoms with Crippen LogP contribution < -0.4 is 5.32 Å². The average Bonchev–Trinajstić information content (AvgIpc) is 3.35. The molecule has 144 valence electrons. The standard InChI is InChI=1S/C20H29ClN2O3/c1-13(2)26-20(25)23-9-7-14(8-10-23)11-18(15-3-4-15)22-19(24)16-5-6-17(21)12-16/h5-6,13-15,18H,3-4,7-12H2,1-2H3,(H,22,24)/t18-/m1/s1. The number of rotatable bonds is 6.